The van der Waals surface area contributed by atoms with Gasteiger partial charge in [0.15, 0.2) is 0 Å². The number of rotatable bonds is 12. The van der Waals surface area contributed by atoms with Gasteiger partial charge >= 0.3 is 0 Å². The van der Waals surface area contributed by atoms with Crippen LogP contribution in [-0.4, -0.2) is 87.1 Å². The Morgan fingerprint density at radius 1 is 1.10 bits per heavy atom. The molecule has 3 aliphatic heterocycles. The van der Waals surface area contributed by atoms with Gasteiger partial charge in [-0.25, -0.2) is 0 Å². The van der Waals surface area contributed by atoms with E-state index >= 15 is 0 Å². The predicted molar refractivity (Wildman–Crippen MR) is 156 cm³/mol. The van der Waals surface area contributed by atoms with E-state index < -0.39 is 35.6 Å². The summed E-state index contributed by atoms with van der Waals surface area (Å²) in [5.41, 5.74) is -0.0876. The van der Waals surface area contributed by atoms with Crippen molar-refractivity contribution in [3.63, 3.8) is 0 Å². The summed E-state index contributed by atoms with van der Waals surface area (Å²) < 4.78 is 6.69. The zero-order valence-corrected chi connectivity index (χ0v) is 24.3. The third kappa shape index (κ3) is 5.14. The molecule has 1 aromatic rings. The van der Waals surface area contributed by atoms with Gasteiger partial charge in [-0.05, 0) is 37.7 Å². The Labute approximate surface area is 244 Å². The number of aliphatic hydroxyl groups excluding tert-OH is 1. The van der Waals surface area contributed by atoms with E-state index in [0.717, 1.165) is 37.7 Å². The van der Waals surface area contributed by atoms with Gasteiger partial charge in [0, 0.05) is 25.7 Å². The van der Waals surface area contributed by atoms with E-state index in [0.29, 0.717) is 38.9 Å². The van der Waals surface area contributed by atoms with Crippen molar-refractivity contribution in [1.29, 1.82) is 0 Å². The van der Waals surface area contributed by atoms with Crippen molar-refractivity contribution in [3.8, 4) is 0 Å². The van der Waals surface area contributed by atoms with Gasteiger partial charge in [-0.2, -0.15) is 0 Å². The summed E-state index contributed by atoms with van der Waals surface area (Å²) >= 11 is 0. The van der Waals surface area contributed by atoms with Gasteiger partial charge in [-0.15, -0.1) is 13.2 Å². The highest BCUT2D eigenvalue weighted by molar-refractivity contribution is 5.99. The summed E-state index contributed by atoms with van der Waals surface area (Å²) in [4.78, 5) is 48.5. The molecule has 3 amide bonds. The van der Waals surface area contributed by atoms with Crippen LogP contribution in [0, 0.1) is 11.8 Å². The van der Waals surface area contributed by atoms with Crippen molar-refractivity contribution >= 4 is 17.7 Å². The highest BCUT2D eigenvalue weighted by Crippen LogP contribution is 2.59. The Bertz CT molecular complexity index is 1130. The first-order chi connectivity index (χ1) is 19.9. The van der Waals surface area contributed by atoms with Crippen molar-refractivity contribution < 1.29 is 24.2 Å². The molecule has 1 N–H and O–H groups in total. The maximum Gasteiger partial charge on any atom is 0.248 e. The van der Waals surface area contributed by atoms with Crippen molar-refractivity contribution in [2.24, 2.45) is 11.8 Å². The van der Waals surface area contributed by atoms with E-state index in [2.05, 4.69) is 13.2 Å². The van der Waals surface area contributed by atoms with E-state index in [9.17, 15) is 19.5 Å². The van der Waals surface area contributed by atoms with Crippen LogP contribution in [0.3, 0.4) is 0 Å². The Morgan fingerprint density at radius 2 is 1.80 bits per heavy atom. The van der Waals surface area contributed by atoms with Gasteiger partial charge in [0.2, 0.25) is 17.7 Å². The molecule has 1 spiro atoms. The van der Waals surface area contributed by atoms with E-state index in [-0.39, 0.29) is 30.4 Å². The number of hydrogen-bond acceptors (Lipinski definition) is 5. The average Bonchev–Trinajstić information content (AvgIpc) is 3.64. The van der Waals surface area contributed by atoms with Crippen LogP contribution in [0.2, 0.25) is 0 Å². The van der Waals surface area contributed by atoms with Gasteiger partial charge in [0.1, 0.15) is 11.6 Å². The number of benzene rings is 1. The predicted octanol–water partition coefficient (Wildman–Crippen LogP) is 3.69. The molecule has 2 unspecified atom stereocenters. The van der Waals surface area contributed by atoms with Gasteiger partial charge in [0.25, 0.3) is 0 Å². The highest BCUT2D eigenvalue weighted by Gasteiger charge is 2.75. The third-order valence-electron chi connectivity index (χ3n) is 9.83. The summed E-state index contributed by atoms with van der Waals surface area (Å²) in [5, 5.41) is 10.4. The van der Waals surface area contributed by atoms with E-state index in [4.69, 9.17) is 4.74 Å². The van der Waals surface area contributed by atoms with Crippen molar-refractivity contribution in [2.75, 3.05) is 19.7 Å². The molecule has 8 nitrogen and oxygen atoms in total. The van der Waals surface area contributed by atoms with E-state index in [1.807, 2.05) is 42.2 Å². The number of fused-ring (bicyclic) bond motifs is 1. The zero-order valence-electron chi connectivity index (χ0n) is 24.3. The Balaban J connectivity index is 1.52. The minimum absolute atomic E-state index is 0.0841. The lowest BCUT2D eigenvalue weighted by molar-refractivity contribution is -0.153. The van der Waals surface area contributed by atoms with Crippen LogP contribution in [0.1, 0.15) is 63.9 Å². The largest absolute Gasteiger partial charge is 0.394 e. The summed E-state index contributed by atoms with van der Waals surface area (Å²) in [6.45, 7) is 10.6. The van der Waals surface area contributed by atoms with Crippen LogP contribution >= 0.6 is 0 Å². The van der Waals surface area contributed by atoms with E-state index in [1.165, 1.54) is 0 Å². The molecule has 41 heavy (non-hydrogen) atoms. The molecule has 6 atom stereocenters. The quantitative estimate of drug-likeness (QED) is 0.392. The molecule has 3 heterocycles. The zero-order chi connectivity index (χ0) is 29.1. The molecule has 1 aliphatic carbocycles. The molecule has 222 valence electrons. The molecule has 5 rings (SSSR count). The minimum atomic E-state index is -1.08. The summed E-state index contributed by atoms with van der Waals surface area (Å²) in [7, 11) is 0. The van der Waals surface area contributed by atoms with Crippen LogP contribution in [0.15, 0.2) is 55.6 Å². The maximum absolute atomic E-state index is 14.6. The lowest BCUT2D eigenvalue weighted by Crippen LogP contribution is -2.60. The highest BCUT2D eigenvalue weighted by atomic mass is 16.5. The second-order valence-corrected chi connectivity index (χ2v) is 12.1. The molecule has 3 saturated heterocycles. The Morgan fingerprint density at radius 3 is 2.44 bits per heavy atom. The SMILES string of the molecule is C=CCN(Cc1ccccc1)C(=O)[C@@H]1[C@@H]2CCC3(O2)C(C(=O)N(CC=C)C2CCCCC2)N([C@@H](CC)CO)C(=O)[C@H]13. The van der Waals surface area contributed by atoms with Gasteiger partial charge < -0.3 is 24.5 Å². The minimum Gasteiger partial charge on any atom is -0.394 e. The molecule has 1 aromatic carbocycles. The molecule has 4 aliphatic rings. The lowest BCUT2D eigenvalue weighted by Gasteiger charge is -2.42. The molecular weight excluding hydrogens is 518 g/mol. The monoisotopic (exact) mass is 563 g/mol. The molecular formula is C33H45N3O5. The van der Waals surface area contributed by atoms with Crippen LogP contribution in [-0.2, 0) is 25.7 Å². The second kappa shape index (κ2) is 12.5. The van der Waals surface area contributed by atoms with Crippen molar-refractivity contribution in [1.82, 2.24) is 14.7 Å². The fourth-order valence-corrected chi connectivity index (χ4v) is 7.97. The standard InChI is InChI=1S/C33H45N3O5/c1-4-19-34(21-23-13-9-7-10-14-23)30(38)27-26-17-18-33(41-26)28(27)31(39)36(24(6-3)22-37)29(33)32(40)35(20-5-2)25-15-11-8-12-16-25/h4-5,7,9-10,13-14,24-29,37H,1-2,6,8,11-12,15-22H2,3H3/t24-,26-,27+,28-,29?,33?/m0/s1. The summed E-state index contributed by atoms with van der Waals surface area (Å²) in [5.74, 6) is -1.97. The summed E-state index contributed by atoms with van der Waals surface area (Å²) in [6, 6.07) is 8.46. The van der Waals surface area contributed by atoms with Crippen molar-refractivity contribution in [2.45, 2.75) is 94.7 Å². The fraction of sp³-hybridized carbons (Fsp3) is 0.606. The first kappa shape index (κ1) is 29.5. The van der Waals surface area contributed by atoms with Crippen LogP contribution < -0.4 is 0 Å². The second-order valence-electron chi connectivity index (χ2n) is 12.1. The number of aliphatic hydroxyl groups is 1. The fourth-order valence-electron chi connectivity index (χ4n) is 7.97. The number of carbonyl (C=O) groups is 3. The molecule has 4 fully saturated rings. The number of hydrogen-bond donors (Lipinski definition) is 1. The van der Waals surface area contributed by atoms with Crippen molar-refractivity contribution in [3.05, 3.63) is 61.2 Å². The first-order valence-electron chi connectivity index (χ1n) is 15.4. The molecule has 0 aromatic heterocycles. The van der Waals surface area contributed by atoms with Crippen LogP contribution in [0.25, 0.3) is 0 Å². The number of carbonyl (C=O) groups excluding carboxylic acids is 3. The Kier molecular flexibility index (Phi) is 9.00. The topological polar surface area (TPSA) is 90.4 Å². The smallest absolute Gasteiger partial charge is 0.248 e. The normalized spacial score (nSPS) is 29.7. The van der Waals surface area contributed by atoms with Crippen LogP contribution in [0.5, 0.6) is 0 Å². The number of ether oxygens (including phenoxy) is 1. The summed E-state index contributed by atoms with van der Waals surface area (Å²) in [6.07, 6.45) is 9.83. The third-order valence-corrected chi connectivity index (χ3v) is 9.83. The van der Waals surface area contributed by atoms with Gasteiger partial charge in [-0.3, -0.25) is 14.4 Å². The molecule has 0 radical (unpaired) electrons. The molecule has 1 saturated carbocycles. The first-order valence-corrected chi connectivity index (χ1v) is 15.4. The number of likely N-dealkylation sites (tertiary alicyclic amines) is 1. The van der Waals surface area contributed by atoms with Crippen LogP contribution in [0.4, 0.5) is 0 Å². The number of nitrogens with zero attached hydrogens (tertiary/aromatic N) is 3. The lowest BCUT2D eigenvalue weighted by atomic mass is 9.70. The van der Waals surface area contributed by atoms with Gasteiger partial charge in [0.05, 0.1) is 30.6 Å². The van der Waals surface area contributed by atoms with E-state index in [1.54, 1.807) is 22.0 Å². The van der Waals surface area contributed by atoms with Gasteiger partial charge in [-0.1, -0.05) is 68.7 Å². The average molecular weight is 564 g/mol. The number of amides is 3. The molecule has 8 heteroatoms. The molecule has 2 bridgehead atoms. The maximum atomic E-state index is 14.6. The Hall–Kier alpha value is -2.97.